The Labute approximate surface area is 85.6 Å². The Morgan fingerprint density at radius 2 is 2.36 bits per heavy atom. The lowest BCUT2D eigenvalue weighted by Crippen LogP contribution is -2.13. The van der Waals surface area contributed by atoms with Crippen molar-refractivity contribution in [2.75, 3.05) is 13.7 Å². The third-order valence-electron chi connectivity index (χ3n) is 2.45. The van der Waals surface area contributed by atoms with E-state index in [2.05, 4.69) is 0 Å². The maximum Gasteiger partial charge on any atom is 0.143 e. The summed E-state index contributed by atoms with van der Waals surface area (Å²) in [6, 6.07) is 0. The number of carbonyl (C=O) groups is 1. The van der Waals surface area contributed by atoms with Gasteiger partial charge in [-0.1, -0.05) is 30.7 Å². The monoisotopic (exact) mass is 194 g/mol. The van der Waals surface area contributed by atoms with Crippen molar-refractivity contribution < 1.29 is 9.53 Å². The predicted octanol–water partition coefficient (Wildman–Crippen LogP) is 2.50. The van der Waals surface area contributed by atoms with Crippen molar-refractivity contribution in [3.8, 4) is 0 Å². The molecule has 0 heterocycles. The van der Waals surface area contributed by atoms with Gasteiger partial charge in [0, 0.05) is 20.1 Å². The number of methoxy groups -OCH3 is 1. The smallest absolute Gasteiger partial charge is 0.143 e. The Morgan fingerprint density at radius 3 is 3.00 bits per heavy atom. The zero-order valence-electron chi connectivity index (χ0n) is 8.95. The summed E-state index contributed by atoms with van der Waals surface area (Å²) in [6.45, 7) is 2.73. The summed E-state index contributed by atoms with van der Waals surface area (Å²) in [5, 5.41) is 0. The molecule has 0 aliphatic heterocycles. The van der Waals surface area contributed by atoms with E-state index in [0.29, 0.717) is 18.8 Å². The van der Waals surface area contributed by atoms with Crippen LogP contribution in [-0.4, -0.2) is 19.5 Å². The molecule has 0 N–H and O–H groups in total. The largest absolute Gasteiger partial charge is 0.384 e. The molecular weight excluding hydrogens is 176 g/mol. The maximum absolute atomic E-state index is 11.7. The Morgan fingerprint density at radius 1 is 1.57 bits per heavy atom. The van der Waals surface area contributed by atoms with Crippen LogP contribution in [0.25, 0.3) is 0 Å². The Hall–Kier alpha value is -0.890. The third kappa shape index (κ3) is 2.81. The number of ether oxygens (including phenoxy) is 1. The summed E-state index contributed by atoms with van der Waals surface area (Å²) in [4.78, 5) is 11.7. The fourth-order valence-electron chi connectivity index (χ4n) is 1.69. The first kappa shape index (κ1) is 11.2. The number of ketones is 1. The molecular formula is C12H18O2. The van der Waals surface area contributed by atoms with E-state index >= 15 is 0 Å². The summed E-state index contributed by atoms with van der Waals surface area (Å²) in [7, 11) is 1.69. The topological polar surface area (TPSA) is 26.3 Å². The van der Waals surface area contributed by atoms with Gasteiger partial charge in [0.2, 0.25) is 0 Å². The van der Waals surface area contributed by atoms with E-state index in [0.717, 1.165) is 12.8 Å². The molecule has 1 aliphatic carbocycles. The van der Waals surface area contributed by atoms with E-state index in [1.54, 1.807) is 7.11 Å². The van der Waals surface area contributed by atoms with Gasteiger partial charge in [-0.3, -0.25) is 4.79 Å². The summed E-state index contributed by atoms with van der Waals surface area (Å²) in [6.07, 6.45) is 8.48. The molecule has 0 aromatic rings. The van der Waals surface area contributed by atoms with Crippen LogP contribution in [0.15, 0.2) is 23.8 Å². The number of hydrogen-bond acceptors (Lipinski definition) is 2. The van der Waals surface area contributed by atoms with E-state index in [1.165, 1.54) is 5.57 Å². The van der Waals surface area contributed by atoms with Crippen LogP contribution in [0.3, 0.4) is 0 Å². The molecule has 0 radical (unpaired) electrons. The summed E-state index contributed by atoms with van der Waals surface area (Å²) >= 11 is 0. The van der Waals surface area contributed by atoms with Crippen molar-refractivity contribution in [3.63, 3.8) is 0 Å². The average Bonchev–Trinajstić information content (AvgIpc) is 2.63. The SMILES string of the molecule is CCCC(=O)C1C=CC=C1CCOC. The number of Topliss-reactive ketones (excluding diaryl/α,β-unsaturated/α-hetero) is 1. The van der Waals surface area contributed by atoms with Gasteiger partial charge in [0.05, 0.1) is 5.92 Å². The van der Waals surface area contributed by atoms with Gasteiger partial charge < -0.3 is 4.74 Å². The van der Waals surface area contributed by atoms with Crippen molar-refractivity contribution in [1.29, 1.82) is 0 Å². The average molecular weight is 194 g/mol. The summed E-state index contributed by atoms with van der Waals surface area (Å²) < 4.78 is 5.01. The van der Waals surface area contributed by atoms with Crippen LogP contribution in [0.4, 0.5) is 0 Å². The molecule has 0 saturated carbocycles. The number of carbonyl (C=O) groups excluding carboxylic acids is 1. The number of hydrogen-bond donors (Lipinski definition) is 0. The Balaban J connectivity index is 2.48. The van der Waals surface area contributed by atoms with Crippen LogP contribution in [0.2, 0.25) is 0 Å². The highest BCUT2D eigenvalue weighted by atomic mass is 16.5. The molecule has 1 rings (SSSR count). The molecule has 78 valence electrons. The van der Waals surface area contributed by atoms with E-state index < -0.39 is 0 Å². The molecule has 0 saturated heterocycles. The molecule has 1 aliphatic rings. The second kappa shape index (κ2) is 5.76. The highest BCUT2D eigenvalue weighted by Crippen LogP contribution is 2.24. The first-order chi connectivity index (χ1) is 6.79. The van der Waals surface area contributed by atoms with Gasteiger partial charge in [0.1, 0.15) is 5.78 Å². The lowest BCUT2D eigenvalue weighted by molar-refractivity contribution is -0.120. The van der Waals surface area contributed by atoms with E-state index in [9.17, 15) is 4.79 Å². The van der Waals surface area contributed by atoms with Crippen LogP contribution >= 0.6 is 0 Å². The fraction of sp³-hybridized carbons (Fsp3) is 0.583. The first-order valence-electron chi connectivity index (χ1n) is 5.18. The van der Waals surface area contributed by atoms with Crippen LogP contribution in [-0.2, 0) is 9.53 Å². The molecule has 0 spiro atoms. The molecule has 0 bridgehead atoms. The maximum atomic E-state index is 11.7. The minimum absolute atomic E-state index is 0.0325. The minimum atomic E-state index is 0.0325. The molecule has 1 atom stereocenters. The first-order valence-corrected chi connectivity index (χ1v) is 5.18. The Bertz CT molecular complexity index is 251. The van der Waals surface area contributed by atoms with Gasteiger partial charge in [0.15, 0.2) is 0 Å². The van der Waals surface area contributed by atoms with Crippen LogP contribution in [0, 0.1) is 5.92 Å². The zero-order valence-corrected chi connectivity index (χ0v) is 8.95. The molecule has 0 aromatic carbocycles. The zero-order chi connectivity index (χ0) is 10.4. The van der Waals surface area contributed by atoms with Crippen LogP contribution < -0.4 is 0 Å². The van der Waals surface area contributed by atoms with Gasteiger partial charge in [-0.05, 0) is 12.8 Å². The van der Waals surface area contributed by atoms with E-state index in [-0.39, 0.29) is 5.92 Å². The predicted molar refractivity (Wildman–Crippen MR) is 57.1 cm³/mol. The van der Waals surface area contributed by atoms with Crippen molar-refractivity contribution in [3.05, 3.63) is 23.8 Å². The standard InChI is InChI=1S/C12H18O2/c1-3-5-12(13)11-7-4-6-10(11)8-9-14-2/h4,6-7,11H,3,5,8-9H2,1-2H3. The van der Waals surface area contributed by atoms with Gasteiger partial charge >= 0.3 is 0 Å². The summed E-state index contributed by atoms with van der Waals surface area (Å²) in [5.41, 5.74) is 1.20. The second-order valence-electron chi connectivity index (χ2n) is 3.56. The quantitative estimate of drug-likeness (QED) is 0.649. The molecule has 0 aromatic heterocycles. The lowest BCUT2D eigenvalue weighted by atomic mass is 9.93. The number of rotatable bonds is 6. The van der Waals surface area contributed by atoms with Crippen LogP contribution in [0.5, 0.6) is 0 Å². The van der Waals surface area contributed by atoms with E-state index in [1.807, 2.05) is 25.2 Å². The van der Waals surface area contributed by atoms with Crippen molar-refractivity contribution in [1.82, 2.24) is 0 Å². The highest BCUT2D eigenvalue weighted by Gasteiger charge is 2.20. The minimum Gasteiger partial charge on any atom is -0.384 e. The molecule has 0 fully saturated rings. The van der Waals surface area contributed by atoms with Crippen molar-refractivity contribution in [2.24, 2.45) is 5.92 Å². The molecule has 2 nitrogen and oxygen atoms in total. The Kier molecular flexibility index (Phi) is 4.60. The molecule has 1 unspecified atom stereocenters. The van der Waals surface area contributed by atoms with E-state index in [4.69, 9.17) is 4.74 Å². The highest BCUT2D eigenvalue weighted by molar-refractivity contribution is 5.86. The summed E-state index contributed by atoms with van der Waals surface area (Å²) in [5.74, 6) is 0.369. The van der Waals surface area contributed by atoms with Gasteiger partial charge in [-0.15, -0.1) is 0 Å². The lowest BCUT2D eigenvalue weighted by Gasteiger charge is -2.11. The molecule has 14 heavy (non-hydrogen) atoms. The van der Waals surface area contributed by atoms with Gasteiger partial charge in [0.25, 0.3) is 0 Å². The van der Waals surface area contributed by atoms with Crippen LogP contribution in [0.1, 0.15) is 26.2 Å². The second-order valence-corrected chi connectivity index (χ2v) is 3.56. The van der Waals surface area contributed by atoms with Crippen molar-refractivity contribution in [2.45, 2.75) is 26.2 Å². The third-order valence-corrected chi connectivity index (χ3v) is 2.45. The van der Waals surface area contributed by atoms with Gasteiger partial charge in [-0.2, -0.15) is 0 Å². The number of allylic oxidation sites excluding steroid dienone is 3. The van der Waals surface area contributed by atoms with Crippen molar-refractivity contribution >= 4 is 5.78 Å². The molecule has 0 amide bonds. The normalized spacial score (nSPS) is 19.9. The fourth-order valence-corrected chi connectivity index (χ4v) is 1.69. The van der Waals surface area contributed by atoms with Gasteiger partial charge in [-0.25, -0.2) is 0 Å². The molecule has 2 heteroatoms.